The van der Waals surface area contributed by atoms with Crippen molar-refractivity contribution in [3.05, 3.63) is 0 Å². The van der Waals surface area contributed by atoms with E-state index in [9.17, 15) is 14.4 Å². The summed E-state index contributed by atoms with van der Waals surface area (Å²) in [5.41, 5.74) is -0.451. The zero-order valence-corrected chi connectivity index (χ0v) is 19.4. The molecule has 3 rings (SSSR count). The van der Waals surface area contributed by atoms with Gasteiger partial charge in [0.05, 0.1) is 6.54 Å². The van der Waals surface area contributed by atoms with E-state index in [-0.39, 0.29) is 12.0 Å². The van der Waals surface area contributed by atoms with Gasteiger partial charge in [0, 0.05) is 58.9 Å². The van der Waals surface area contributed by atoms with E-state index in [1.807, 2.05) is 30.6 Å². The van der Waals surface area contributed by atoms with Gasteiger partial charge in [0.15, 0.2) is 0 Å². The lowest BCUT2D eigenvalue weighted by atomic mass is 9.96. The second-order valence-corrected chi connectivity index (χ2v) is 10.0. The average molecular weight is 438 g/mol. The van der Waals surface area contributed by atoms with E-state index in [4.69, 9.17) is 4.74 Å². The monoisotopic (exact) mass is 437 g/mol. The smallest absolute Gasteiger partial charge is 0.410 e. The minimum atomic E-state index is -0.451. The summed E-state index contributed by atoms with van der Waals surface area (Å²) in [6.45, 7) is 15.0. The summed E-state index contributed by atoms with van der Waals surface area (Å²) in [5.74, 6) is 0.831. The standard InChI is InChI=1S/C22H39N5O4/c1-22(2,3)31-21(30)27-14-8-24(9-15-27)16-19-4-6-23(7-5-19)17-20(29)26-12-10-25(18-28)11-13-26/h18-19H,4-17H2,1-3H3. The number of nitrogens with zero attached hydrogens (tertiary/aromatic N) is 5. The topological polar surface area (TPSA) is 76.6 Å². The predicted octanol–water partition coefficient (Wildman–Crippen LogP) is 0.552. The molecule has 0 atom stereocenters. The van der Waals surface area contributed by atoms with Crippen LogP contribution in [-0.2, 0) is 14.3 Å². The zero-order chi connectivity index (χ0) is 22.4. The largest absolute Gasteiger partial charge is 0.444 e. The summed E-state index contributed by atoms with van der Waals surface area (Å²) >= 11 is 0. The Morgan fingerprint density at radius 3 is 1.97 bits per heavy atom. The van der Waals surface area contributed by atoms with Crippen LogP contribution in [0, 0.1) is 5.92 Å². The van der Waals surface area contributed by atoms with Gasteiger partial charge >= 0.3 is 6.09 Å². The summed E-state index contributed by atoms with van der Waals surface area (Å²) in [6, 6.07) is 0. The van der Waals surface area contributed by atoms with Gasteiger partial charge in [-0.05, 0) is 52.6 Å². The predicted molar refractivity (Wildman–Crippen MR) is 118 cm³/mol. The first kappa shape index (κ1) is 23.8. The van der Waals surface area contributed by atoms with Crippen molar-refractivity contribution in [1.82, 2.24) is 24.5 Å². The Kier molecular flexibility index (Phi) is 8.16. The van der Waals surface area contributed by atoms with Gasteiger partial charge in [-0.3, -0.25) is 19.4 Å². The molecule has 9 nitrogen and oxygen atoms in total. The first-order valence-electron chi connectivity index (χ1n) is 11.6. The molecule has 3 fully saturated rings. The fourth-order valence-electron chi connectivity index (χ4n) is 4.50. The van der Waals surface area contributed by atoms with Crippen molar-refractivity contribution in [2.45, 2.75) is 39.2 Å². The fourth-order valence-corrected chi connectivity index (χ4v) is 4.50. The molecule has 0 N–H and O–H groups in total. The molecular weight excluding hydrogens is 398 g/mol. The maximum absolute atomic E-state index is 12.6. The van der Waals surface area contributed by atoms with Crippen LogP contribution in [0.2, 0.25) is 0 Å². The maximum Gasteiger partial charge on any atom is 0.410 e. The Morgan fingerprint density at radius 2 is 1.42 bits per heavy atom. The Hall–Kier alpha value is -1.87. The molecular formula is C22H39N5O4. The lowest BCUT2D eigenvalue weighted by Crippen LogP contribution is -2.52. The molecule has 3 amide bonds. The molecule has 3 aliphatic rings. The molecule has 0 radical (unpaired) electrons. The molecule has 0 bridgehead atoms. The van der Waals surface area contributed by atoms with Gasteiger partial charge < -0.3 is 19.4 Å². The number of amides is 3. The van der Waals surface area contributed by atoms with Gasteiger partial charge in [0.25, 0.3) is 0 Å². The molecule has 0 saturated carbocycles. The molecule has 3 aliphatic heterocycles. The summed E-state index contributed by atoms with van der Waals surface area (Å²) < 4.78 is 5.47. The second-order valence-electron chi connectivity index (χ2n) is 10.0. The highest BCUT2D eigenvalue weighted by atomic mass is 16.6. The molecule has 0 unspecified atom stereocenters. The Labute approximate surface area is 186 Å². The third kappa shape index (κ3) is 7.35. The fraction of sp³-hybridized carbons (Fsp3) is 0.864. The van der Waals surface area contributed by atoms with E-state index in [1.54, 1.807) is 4.90 Å². The molecule has 0 aromatic carbocycles. The van der Waals surface area contributed by atoms with Crippen LogP contribution in [-0.4, -0.2) is 127 Å². The minimum Gasteiger partial charge on any atom is -0.444 e. The molecule has 3 heterocycles. The van der Waals surface area contributed by atoms with Gasteiger partial charge in [0.1, 0.15) is 5.60 Å². The number of carbonyl (C=O) groups excluding carboxylic acids is 3. The van der Waals surface area contributed by atoms with E-state index >= 15 is 0 Å². The van der Waals surface area contributed by atoms with Crippen molar-refractivity contribution in [2.24, 2.45) is 5.92 Å². The van der Waals surface area contributed by atoms with Crippen LogP contribution >= 0.6 is 0 Å². The number of hydrogen-bond acceptors (Lipinski definition) is 6. The van der Waals surface area contributed by atoms with E-state index in [0.717, 1.165) is 65.1 Å². The molecule has 0 aromatic heterocycles. The number of rotatable bonds is 5. The lowest BCUT2D eigenvalue weighted by Gasteiger charge is -2.39. The highest BCUT2D eigenvalue weighted by molar-refractivity contribution is 5.78. The highest BCUT2D eigenvalue weighted by Gasteiger charge is 2.29. The Balaban J connectivity index is 1.31. The van der Waals surface area contributed by atoms with Crippen molar-refractivity contribution in [1.29, 1.82) is 0 Å². The van der Waals surface area contributed by atoms with Crippen LogP contribution in [0.25, 0.3) is 0 Å². The van der Waals surface area contributed by atoms with E-state index in [0.29, 0.717) is 38.6 Å². The maximum atomic E-state index is 12.6. The van der Waals surface area contributed by atoms with Crippen LogP contribution < -0.4 is 0 Å². The number of likely N-dealkylation sites (tertiary alicyclic amines) is 1. The van der Waals surface area contributed by atoms with Crippen molar-refractivity contribution in [3.63, 3.8) is 0 Å². The van der Waals surface area contributed by atoms with Gasteiger partial charge in [-0.25, -0.2) is 4.79 Å². The molecule has 3 saturated heterocycles. The number of hydrogen-bond donors (Lipinski definition) is 0. The van der Waals surface area contributed by atoms with Crippen LogP contribution in [0.15, 0.2) is 0 Å². The Bertz CT molecular complexity index is 614. The lowest BCUT2D eigenvalue weighted by molar-refractivity contribution is -0.136. The third-order valence-electron chi connectivity index (χ3n) is 6.42. The van der Waals surface area contributed by atoms with Crippen LogP contribution in [0.3, 0.4) is 0 Å². The normalized spacial score (nSPS) is 22.5. The number of carbonyl (C=O) groups is 3. The van der Waals surface area contributed by atoms with Crippen molar-refractivity contribution >= 4 is 18.4 Å². The molecule has 0 spiro atoms. The molecule has 31 heavy (non-hydrogen) atoms. The average Bonchev–Trinajstić information content (AvgIpc) is 2.74. The number of piperidine rings is 1. The minimum absolute atomic E-state index is 0.183. The SMILES string of the molecule is CC(C)(C)OC(=O)N1CCN(CC2CCN(CC(=O)N3CCN(C=O)CC3)CC2)CC1. The zero-order valence-electron chi connectivity index (χ0n) is 19.4. The number of ether oxygens (including phenoxy) is 1. The highest BCUT2D eigenvalue weighted by Crippen LogP contribution is 2.20. The van der Waals surface area contributed by atoms with E-state index < -0.39 is 5.60 Å². The summed E-state index contributed by atoms with van der Waals surface area (Å²) in [7, 11) is 0. The molecule has 0 aliphatic carbocycles. The third-order valence-corrected chi connectivity index (χ3v) is 6.42. The van der Waals surface area contributed by atoms with Crippen LogP contribution in [0.4, 0.5) is 4.79 Å². The van der Waals surface area contributed by atoms with Crippen LogP contribution in [0.5, 0.6) is 0 Å². The quantitative estimate of drug-likeness (QED) is 0.585. The van der Waals surface area contributed by atoms with Gasteiger partial charge in [-0.15, -0.1) is 0 Å². The molecule has 0 aromatic rings. The van der Waals surface area contributed by atoms with Crippen LogP contribution in [0.1, 0.15) is 33.6 Å². The molecule has 176 valence electrons. The van der Waals surface area contributed by atoms with E-state index in [2.05, 4.69) is 9.80 Å². The van der Waals surface area contributed by atoms with Gasteiger partial charge in [-0.1, -0.05) is 0 Å². The second kappa shape index (κ2) is 10.6. The summed E-state index contributed by atoms with van der Waals surface area (Å²) in [5, 5.41) is 0. The van der Waals surface area contributed by atoms with Crippen molar-refractivity contribution < 1.29 is 19.1 Å². The van der Waals surface area contributed by atoms with Gasteiger partial charge in [0.2, 0.25) is 12.3 Å². The first-order chi connectivity index (χ1) is 14.7. The first-order valence-corrected chi connectivity index (χ1v) is 11.6. The summed E-state index contributed by atoms with van der Waals surface area (Å²) in [4.78, 5) is 45.7. The summed E-state index contributed by atoms with van der Waals surface area (Å²) in [6.07, 6.45) is 2.87. The van der Waals surface area contributed by atoms with Crippen molar-refractivity contribution in [2.75, 3.05) is 78.5 Å². The van der Waals surface area contributed by atoms with Crippen molar-refractivity contribution in [3.8, 4) is 0 Å². The van der Waals surface area contributed by atoms with Gasteiger partial charge in [-0.2, -0.15) is 0 Å². The Morgan fingerprint density at radius 1 is 0.839 bits per heavy atom. The number of piperazine rings is 2. The van der Waals surface area contributed by atoms with E-state index in [1.165, 1.54) is 0 Å². The molecule has 9 heteroatoms.